The first-order valence-corrected chi connectivity index (χ1v) is 8.98. The van der Waals surface area contributed by atoms with Gasteiger partial charge in [-0.25, -0.2) is 4.79 Å². The molecule has 0 saturated carbocycles. The van der Waals surface area contributed by atoms with Crippen molar-refractivity contribution < 1.29 is 5.11 Å². The summed E-state index contributed by atoms with van der Waals surface area (Å²) < 4.78 is 2.03. The molecule has 8 heteroatoms. The fraction of sp³-hybridized carbons (Fsp3) is 0.211. The SMILES string of the molecule is Cn1c(=O)cnn(-c2cc(Cl)c(Cc3ccc(CCO)cc3)c(Cl)c2)c1=O. The van der Waals surface area contributed by atoms with E-state index in [1.54, 1.807) is 12.1 Å². The van der Waals surface area contributed by atoms with Crippen LogP contribution in [0.5, 0.6) is 0 Å². The first-order chi connectivity index (χ1) is 12.9. The van der Waals surface area contributed by atoms with E-state index in [9.17, 15) is 9.59 Å². The molecule has 140 valence electrons. The Morgan fingerprint density at radius 1 is 1.04 bits per heavy atom. The number of aliphatic hydroxyl groups excluding tert-OH is 1. The van der Waals surface area contributed by atoms with Gasteiger partial charge in [-0.15, -0.1) is 0 Å². The fourth-order valence-electron chi connectivity index (χ4n) is 2.69. The highest BCUT2D eigenvalue weighted by Gasteiger charge is 2.13. The van der Waals surface area contributed by atoms with Crippen LogP contribution < -0.4 is 11.2 Å². The van der Waals surface area contributed by atoms with Crippen LogP contribution in [-0.4, -0.2) is 26.1 Å². The Morgan fingerprint density at radius 2 is 1.63 bits per heavy atom. The summed E-state index contributed by atoms with van der Waals surface area (Å²) in [6, 6.07) is 11.0. The Morgan fingerprint density at radius 3 is 2.22 bits per heavy atom. The zero-order valence-corrected chi connectivity index (χ0v) is 16.0. The van der Waals surface area contributed by atoms with Crippen molar-refractivity contribution in [1.29, 1.82) is 0 Å². The zero-order chi connectivity index (χ0) is 19.6. The maximum atomic E-state index is 12.2. The van der Waals surface area contributed by atoms with Crippen LogP contribution >= 0.6 is 23.2 Å². The van der Waals surface area contributed by atoms with Gasteiger partial charge in [-0.2, -0.15) is 9.78 Å². The molecule has 0 fully saturated rings. The highest BCUT2D eigenvalue weighted by atomic mass is 35.5. The van der Waals surface area contributed by atoms with Crippen molar-refractivity contribution in [3.63, 3.8) is 0 Å². The Bertz CT molecular complexity index is 1070. The summed E-state index contributed by atoms with van der Waals surface area (Å²) in [6.07, 6.45) is 2.19. The molecule has 0 aliphatic heterocycles. The van der Waals surface area contributed by atoms with E-state index in [0.717, 1.165) is 32.1 Å². The predicted octanol–water partition coefficient (Wildman–Crippen LogP) is 2.36. The molecule has 1 aromatic heterocycles. The highest BCUT2D eigenvalue weighted by Crippen LogP contribution is 2.30. The summed E-state index contributed by atoms with van der Waals surface area (Å²) in [5, 5.41) is 13.7. The van der Waals surface area contributed by atoms with Crippen molar-refractivity contribution in [2.75, 3.05) is 6.61 Å². The lowest BCUT2D eigenvalue weighted by molar-refractivity contribution is 0.299. The van der Waals surface area contributed by atoms with E-state index >= 15 is 0 Å². The Labute approximate surface area is 165 Å². The normalized spacial score (nSPS) is 11.0. The summed E-state index contributed by atoms with van der Waals surface area (Å²) in [5.74, 6) is 0. The number of hydrogen-bond acceptors (Lipinski definition) is 4. The van der Waals surface area contributed by atoms with E-state index in [-0.39, 0.29) is 6.61 Å². The maximum absolute atomic E-state index is 12.2. The molecule has 1 heterocycles. The third-order valence-corrected chi connectivity index (χ3v) is 4.93. The molecule has 0 atom stereocenters. The van der Waals surface area contributed by atoms with Gasteiger partial charge in [-0.05, 0) is 35.2 Å². The molecule has 3 rings (SSSR count). The number of benzene rings is 2. The van der Waals surface area contributed by atoms with Gasteiger partial charge in [0.05, 0.1) is 5.69 Å². The van der Waals surface area contributed by atoms with Gasteiger partial charge in [-0.3, -0.25) is 9.36 Å². The van der Waals surface area contributed by atoms with Crippen LogP contribution in [-0.2, 0) is 19.9 Å². The van der Waals surface area contributed by atoms with Gasteiger partial charge in [0, 0.05) is 30.1 Å². The second-order valence-corrected chi connectivity index (χ2v) is 6.91. The Balaban J connectivity index is 1.95. The number of halogens is 2. The first-order valence-electron chi connectivity index (χ1n) is 8.23. The van der Waals surface area contributed by atoms with Crippen LogP contribution in [0.1, 0.15) is 16.7 Å². The minimum absolute atomic E-state index is 0.108. The first kappa shape index (κ1) is 19.4. The number of hydrogen-bond donors (Lipinski definition) is 1. The molecule has 1 N–H and O–H groups in total. The Hall–Kier alpha value is -2.41. The van der Waals surface area contributed by atoms with E-state index in [0.29, 0.717) is 28.6 Å². The van der Waals surface area contributed by atoms with Crippen LogP contribution in [0.15, 0.2) is 52.2 Å². The van der Waals surface area contributed by atoms with Crippen molar-refractivity contribution >= 4 is 23.2 Å². The van der Waals surface area contributed by atoms with Crippen LogP contribution in [0.3, 0.4) is 0 Å². The third kappa shape index (κ3) is 4.13. The second kappa shape index (κ2) is 8.08. The van der Waals surface area contributed by atoms with Gasteiger partial charge >= 0.3 is 5.69 Å². The summed E-state index contributed by atoms with van der Waals surface area (Å²) in [7, 11) is 1.38. The van der Waals surface area contributed by atoms with Crippen LogP contribution in [0.4, 0.5) is 0 Å². The largest absolute Gasteiger partial charge is 0.396 e. The van der Waals surface area contributed by atoms with Gasteiger partial charge < -0.3 is 5.11 Å². The number of aromatic nitrogens is 3. The average Bonchev–Trinajstić information content (AvgIpc) is 2.64. The molecule has 0 amide bonds. The minimum atomic E-state index is -0.582. The molecular weight excluding hydrogens is 389 g/mol. The van der Waals surface area contributed by atoms with E-state index in [2.05, 4.69) is 5.10 Å². The Kier molecular flexibility index (Phi) is 5.79. The molecule has 0 aliphatic rings. The van der Waals surface area contributed by atoms with Crippen molar-refractivity contribution in [2.45, 2.75) is 12.8 Å². The average molecular weight is 406 g/mol. The highest BCUT2D eigenvalue weighted by molar-refractivity contribution is 6.36. The van der Waals surface area contributed by atoms with Gasteiger partial charge in [0.25, 0.3) is 5.56 Å². The van der Waals surface area contributed by atoms with Crippen molar-refractivity contribution in [1.82, 2.24) is 14.3 Å². The van der Waals surface area contributed by atoms with Crippen molar-refractivity contribution in [3.05, 3.63) is 90.2 Å². The molecule has 0 bridgehead atoms. The summed E-state index contributed by atoms with van der Waals surface area (Å²) >= 11 is 12.8. The van der Waals surface area contributed by atoms with Crippen LogP contribution in [0.2, 0.25) is 10.0 Å². The topological polar surface area (TPSA) is 77.1 Å². The van der Waals surface area contributed by atoms with E-state index in [1.807, 2.05) is 24.3 Å². The molecule has 3 aromatic rings. The van der Waals surface area contributed by atoms with Crippen molar-refractivity contribution in [3.8, 4) is 5.69 Å². The molecule has 6 nitrogen and oxygen atoms in total. The van der Waals surface area contributed by atoms with E-state index in [1.165, 1.54) is 7.05 Å². The minimum Gasteiger partial charge on any atom is -0.396 e. The zero-order valence-electron chi connectivity index (χ0n) is 14.5. The van der Waals surface area contributed by atoms with Crippen LogP contribution in [0.25, 0.3) is 5.69 Å². The maximum Gasteiger partial charge on any atom is 0.351 e. The quantitative estimate of drug-likeness (QED) is 0.706. The predicted molar refractivity (Wildman–Crippen MR) is 105 cm³/mol. The molecule has 0 radical (unpaired) electrons. The molecular formula is C19H17Cl2N3O3. The standard InChI is InChI=1S/C19H17Cl2N3O3/c1-23-18(26)11-22-24(19(23)27)14-9-16(20)15(17(21)10-14)8-13-4-2-12(3-5-13)6-7-25/h2-5,9-11,25H,6-8H2,1H3. The smallest absolute Gasteiger partial charge is 0.351 e. The number of aliphatic hydroxyl groups is 1. The number of rotatable bonds is 5. The monoisotopic (exact) mass is 405 g/mol. The lowest BCUT2D eigenvalue weighted by atomic mass is 10.0. The van der Waals surface area contributed by atoms with Crippen molar-refractivity contribution in [2.24, 2.45) is 7.05 Å². The molecule has 27 heavy (non-hydrogen) atoms. The molecule has 0 spiro atoms. The fourth-order valence-corrected chi connectivity index (χ4v) is 3.30. The van der Waals surface area contributed by atoms with Gasteiger partial charge in [0.2, 0.25) is 0 Å². The lowest BCUT2D eigenvalue weighted by Gasteiger charge is -2.12. The molecule has 0 saturated heterocycles. The second-order valence-electron chi connectivity index (χ2n) is 6.09. The summed E-state index contributed by atoms with van der Waals surface area (Å²) in [4.78, 5) is 23.7. The molecule has 0 aliphatic carbocycles. The van der Waals surface area contributed by atoms with Gasteiger partial charge in [0.1, 0.15) is 6.20 Å². The molecule has 0 unspecified atom stereocenters. The van der Waals surface area contributed by atoms with E-state index in [4.69, 9.17) is 28.3 Å². The summed E-state index contributed by atoms with van der Waals surface area (Å²) in [6.45, 7) is 0.108. The number of nitrogens with zero attached hydrogens (tertiary/aromatic N) is 3. The molecule has 2 aromatic carbocycles. The lowest BCUT2D eigenvalue weighted by Crippen LogP contribution is -2.38. The van der Waals surface area contributed by atoms with E-state index < -0.39 is 11.2 Å². The van der Waals surface area contributed by atoms with Crippen LogP contribution in [0, 0.1) is 0 Å². The van der Waals surface area contributed by atoms with Gasteiger partial charge in [0.15, 0.2) is 0 Å². The summed E-state index contributed by atoms with van der Waals surface area (Å²) in [5.41, 5.74) is 2.11. The van der Waals surface area contributed by atoms with Gasteiger partial charge in [-0.1, -0.05) is 47.5 Å². The third-order valence-electron chi connectivity index (χ3n) is 4.26.